The Labute approximate surface area is 130 Å². The Morgan fingerprint density at radius 3 is 2.86 bits per heavy atom. The van der Waals surface area contributed by atoms with Gasteiger partial charge in [0.2, 0.25) is 5.88 Å². The van der Waals surface area contributed by atoms with Crippen molar-refractivity contribution in [2.24, 2.45) is 0 Å². The Morgan fingerprint density at radius 2 is 2.05 bits per heavy atom. The molecule has 0 saturated heterocycles. The summed E-state index contributed by atoms with van der Waals surface area (Å²) in [4.78, 5) is 4.20. The van der Waals surface area contributed by atoms with Gasteiger partial charge < -0.3 is 19.5 Å². The van der Waals surface area contributed by atoms with E-state index in [0.29, 0.717) is 19.1 Å². The lowest BCUT2D eigenvalue weighted by Gasteiger charge is -2.13. The molecule has 0 aliphatic carbocycles. The summed E-state index contributed by atoms with van der Waals surface area (Å²) < 4.78 is 16.6. The van der Waals surface area contributed by atoms with Crippen LogP contribution in [-0.4, -0.2) is 25.3 Å². The van der Waals surface area contributed by atoms with E-state index in [1.54, 1.807) is 7.11 Å². The summed E-state index contributed by atoms with van der Waals surface area (Å²) in [5.41, 5.74) is 2.22. The lowest BCUT2D eigenvalue weighted by atomic mass is 10.1. The Kier molecular flexibility index (Phi) is 4.75. The van der Waals surface area contributed by atoms with Gasteiger partial charge in [-0.1, -0.05) is 18.2 Å². The lowest BCUT2D eigenvalue weighted by Crippen LogP contribution is -2.14. The monoisotopic (exact) mass is 300 g/mol. The molecule has 0 bridgehead atoms. The Hall–Kier alpha value is -2.27. The molecular formula is C17H20N2O3. The number of nitrogens with zero attached hydrogens (tertiary/aromatic N) is 1. The van der Waals surface area contributed by atoms with Crippen molar-refractivity contribution in [3.8, 4) is 17.4 Å². The van der Waals surface area contributed by atoms with Gasteiger partial charge in [0, 0.05) is 37.3 Å². The average molecular weight is 300 g/mol. The standard InChI is InChI=1S/C17H20N2O3/c1-20-16-7-6-13(11-19-16)10-18-12-14-4-2-5-15-17(14)22-9-3-8-21-15/h2,4-7,11,18H,3,8-10,12H2,1H3. The molecule has 1 aliphatic rings. The van der Waals surface area contributed by atoms with Crippen LogP contribution >= 0.6 is 0 Å². The van der Waals surface area contributed by atoms with Gasteiger partial charge in [-0.25, -0.2) is 4.98 Å². The van der Waals surface area contributed by atoms with Gasteiger partial charge in [0.05, 0.1) is 20.3 Å². The van der Waals surface area contributed by atoms with E-state index in [4.69, 9.17) is 14.2 Å². The van der Waals surface area contributed by atoms with Crippen molar-refractivity contribution >= 4 is 0 Å². The fraction of sp³-hybridized carbons (Fsp3) is 0.353. The largest absolute Gasteiger partial charge is 0.490 e. The van der Waals surface area contributed by atoms with E-state index in [-0.39, 0.29) is 0 Å². The molecule has 1 aromatic heterocycles. The van der Waals surface area contributed by atoms with Crippen LogP contribution in [0.4, 0.5) is 0 Å². The zero-order chi connectivity index (χ0) is 15.2. The number of ether oxygens (including phenoxy) is 3. The van der Waals surface area contributed by atoms with E-state index in [2.05, 4.69) is 16.4 Å². The molecule has 0 fully saturated rings. The van der Waals surface area contributed by atoms with Crippen LogP contribution < -0.4 is 19.5 Å². The van der Waals surface area contributed by atoms with E-state index in [9.17, 15) is 0 Å². The second-order valence-corrected chi connectivity index (χ2v) is 5.11. The van der Waals surface area contributed by atoms with Crippen molar-refractivity contribution < 1.29 is 14.2 Å². The molecule has 1 N–H and O–H groups in total. The van der Waals surface area contributed by atoms with Gasteiger partial charge in [-0.3, -0.25) is 0 Å². The number of hydrogen-bond donors (Lipinski definition) is 1. The minimum atomic E-state index is 0.627. The van der Waals surface area contributed by atoms with E-state index < -0.39 is 0 Å². The van der Waals surface area contributed by atoms with Gasteiger partial charge in [-0.2, -0.15) is 0 Å². The zero-order valence-corrected chi connectivity index (χ0v) is 12.7. The summed E-state index contributed by atoms with van der Waals surface area (Å²) in [6.07, 6.45) is 2.73. The molecule has 0 saturated carbocycles. The third-order valence-corrected chi connectivity index (χ3v) is 3.50. The molecule has 0 amide bonds. The molecule has 0 unspecified atom stereocenters. The lowest BCUT2D eigenvalue weighted by molar-refractivity contribution is 0.296. The maximum atomic E-state index is 5.82. The van der Waals surface area contributed by atoms with Crippen molar-refractivity contribution in [1.82, 2.24) is 10.3 Å². The summed E-state index contributed by atoms with van der Waals surface area (Å²) in [5, 5.41) is 3.41. The minimum absolute atomic E-state index is 0.627. The van der Waals surface area contributed by atoms with Crippen molar-refractivity contribution in [1.29, 1.82) is 0 Å². The number of pyridine rings is 1. The molecule has 2 aromatic rings. The summed E-state index contributed by atoms with van der Waals surface area (Å²) in [6, 6.07) is 9.89. The molecule has 5 heteroatoms. The van der Waals surface area contributed by atoms with Crippen molar-refractivity contribution in [3.63, 3.8) is 0 Å². The fourth-order valence-electron chi connectivity index (χ4n) is 2.37. The number of benzene rings is 1. The number of rotatable bonds is 5. The van der Waals surface area contributed by atoms with Crippen molar-refractivity contribution in [2.75, 3.05) is 20.3 Å². The van der Waals surface area contributed by atoms with E-state index in [1.807, 2.05) is 30.5 Å². The highest BCUT2D eigenvalue weighted by molar-refractivity contribution is 5.47. The number of aromatic nitrogens is 1. The van der Waals surface area contributed by atoms with Crippen LogP contribution in [0.1, 0.15) is 17.5 Å². The Morgan fingerprint density at radius 1 is 1.14 bits per heavy atom. The normalized spacial score (nSPS) is 13.5. The maximum absolute atomic E-state index is 5.82. The van der Waals surface area contributed by atoms with Gasteiger partial charge in [0.15, 0.2) is 11.5 Å². The molecule has 1 aromatic carbocycles. The first-order valence-corrected chi connectivity index (χ1v) is 7.44. The number of hydrogen-bond acceptors (Lipinski definition) is 5. The van der Waals surface area contributed by atoms with Crippen LogP contribution in [0.3, 0.4) is 0 Å². The average Bonchev–Trinajstić information content (AvgIpc) is 2.81. The SMILES string of the molecule is COc1ccc(CNCc2cccc3c2OCCCO3)cn1. The highest BCUT2D eigenvalue weighted by Crippen LogP contribution is 2.33. The first-order valence-electron chi connectivity index (χ1n) is 7.44. The molecule has 0 spiro atoms. The predicted molar refractivity (Wildman–Crippen MR) is 83.4 cm³/mol. The fourth-order valence-corrected chi connectivity index (χ4v) is 2.37. The summed E-state index contributed by atoms with van der Waals surface area (Å²) in [7, 11) is 1.61. The van der Waals surface area contributed by atoms with Crippen molar-refractivity contribution in [2.45, 2.75) is 19.5 Å². The molecule has 5 nitrogen and oxygen atoms in total. The smallest absolute Gasteiger partial charge is 0.212 e. The van der Waals surface area contributed by atoms with Gasteiger partial charge in [-0.15, -0.1) is 0 Å². The Bertz CT molecular complexity index is 614. The molecule has 116 valence electrons. The molecule has 1 aliphatic heterocycles. The highest BCUT2D eigenvalue weighted by atomic mass is 16.5. The summed E-state index contributed by atoms with van der Waals surface area (Å²) in [5.74, 6) is 2.32. The minimum Gasteiger partial charge on any atom is -0.490 e. The predicted octanol–water partition coefficient (Wildman–Crippen LogP) is 2.54. The van der Waals surface area contributed by atoms with Crippen LogP contribution in [0.2, 0.25) is 0 Å². The third-order valence-electron chi connectivity index (χ3n) is 3.50. The van der Waals surface area contributed by atoms with Gasteiger partial charge in [-0.05, 0) is 11.6 Å². The van der Waals surface area contributed by atoms with Gasteiger partial charge in [0.1, 0.15) is 0 Å². The first kappa shape index (κ1) is 14.7. The highest BCUT2D eigenvalue weighted by Gasteiger charge is 2.13. The quantitative estimate of drug-likeness (QED) is 0.919. The third kappa shape index (κ3) is 3.49. The number of para-hydroxylation sites is 1. The van der Waals surface area contributed by atoms with E-state index in [1.165, 1.54) is 0 Å². The van der Waals surface area contributed by atoms with Gasteiger partial charge in [0.25, 0.3) is 0 Å². The van der Waals surface area contributed by atoms with Crippen LogP contribution in [0, 0.1) is 0 Å². The maximum Gasteiger partial charge on any atom is 0.212 e. The summed E-state index contributed by atoms with van der Waals surface area (Å²) >= 11 is 0. The second kappa shape index (κ2) is 7.13. The van der Waals surface area contributed by atoms with Crippen molar-refractivity contribution in [3.05, 3.63) is 47.7 Å². The zero-order valence-electron chi connectivity index (χ0n) is 12.7. The molecule has 3 rings (SSSR count). The molecule has 22 heavy (non-hydrogen) atoms. The number of methoxy groups -OCH3 is 1. The van der Waals surface area contributed by atoms with E-state index >= 15 is 0 Å². The van der Waals surface area contributed by atoms with Crippen LogP contribution in [-0.2, 0) is 13.1 Å². The molecule has 2 heterocycles. The Balaban J connectivity index is 1.61. The van der Waals surface area contributed by atoms with E-state index in [0.717, 1.165) is 42.1 Å². The van der Waals surface area contributed by atoms with Gasteiger partial charge >= 0.3 is 0 Å². The topological polar surface area (TPSA) is 52.6 Å². The number of nitrogens with one attached hydrogen (secondary N) is 1. The first-order chi connectivity index (χ1) is 10.9. The molecule has 0 atom stereocenters. The second-order valence-electron chi connectivity index (χ2n) is 5.11. The number of fused-ring (bicyclic) bond motifs is 1. The van der Waals surface area contributed by atoms with Crippen LogP contribution in [0.15, 0.2) is 36.5 Å². The molecular weight excluding hydrogens is 280 g/mol. The van der Waals surface area contributed by atoms with Crippen LogP contribution in [0.5, 0.6) is 17.4 Å². The molecule has 0 radical (unpaired) electrons. The summed E-state index contributed by atoms with van der Waals surface area (Å²) in [6.45, 7) is 2.87. The van der Waals surface area contributed by atoms with Crippen LogP contribution in [0.25, 0.3) is 0 Å².